The van der Waals surface area contributed by atoms with Crippen molar-refractivity contribution in [2.75, 3.05) is 26.8 Å². The number of aromatic nitrogens is 5. The number of methoxy groups -OCH3 is 3. The number of phenolic OH excluding ortho intramolecular Hbond substituents is 1. The van der Waals surface area contributed by atoms with Crippen molar-refractivity contribution >= 4 is 51.7 Å². The Morgan fingerprint density at radius 1 is 0.921 bits per heavy atom. The third-order valence-corrected chi connectivity index (χ3v) is 13.0. The molecule has 0 bridgehead atoms. The van der Waals surface area contributed by atoms with Crippen LogP contribution < -0.4 is 36.6 Å². The van der Waals surface area contributed by atoms with E-state index < -0.39 is 63.6 Å². The number of benzene rings is 4. The topological polar surface area (TPSA) is 181 Å². The summed E-state index contributed by atoms with van der Waals surface area (Å²) < 4.78 is 36.6. The number of aryl methyl sites for hydroxylation is 2. The number of nitrogens with one attached hydrogen (secondary N) is 1. The molecule has 2 N–H and O–H groups in total. The lowest BCUT2D eigenvalue weighted by molar-refractivity contribution is -0.138. The third-order valence-electron chi connectivity index (χ3n) is 12.5. The first kappa shape index (κ1) is 41.5. The molecule has 1 saturated heterocycles. The van der Waals surface area contributed by atoms with Gasteiger partial charge in [-0.2, -0.15) is 5.01 Å². The Balaban J connectivity index is 1.18. The third kappa shape index (κ3) is 6.23. The number of carbonyl (C=O) groups excluding carboxylic acids is 2. The van der Waals surface area contributed by atoms with E-state index in [2.05, 4.69) is 10.4 Å². The van der Waals surface area contributed by atoms with Crippen molar-refractivity contribution in [3.8, 4) is 23.0 Å². The molecule has 4 heterocycles. The molecule has 4 aromatic carbocycles. The van der Waals surface area contributed by atoms with Crippen LogP contribution in [0.2, 0.25) is 10.0 Å². The fourth-order valence-corrected chi connectivity index (χ4v) is 9.99. The van der Waals surface area contributed by atoms with Crippen LogP contribution in [0.1, 0.15) is 35.2 Å². The van der Waals surface area contributed by atoms with Crippen molar-refractivity contribution in [2.24, 2.45) is 13.0 Å². The van der Waals surface area contributed by atoms with Crippen LogP contribution in [0.4, 0.5) is 10.1 Å². The first-order valence-electron chi connectivity index (χ1n) is 19.7. The number of hydrogen-bond donors (Lipinski definition) is 2. The summed E-state index contributed by atoms with van der Waals surface area (Å²) in [5.74, 6) is -4.47. The lowest BCUT2D eigenvalue weighted by atomic mass is 9.53. The number of amides is 2. The van der Waals surface area contributed by atoms with Gasteiger partial charge in [-0.15, -0.1) is 0 Å². The SMILES string of the molecule is COc1ccc(C23C(=O)N(Nc4ccc(Cl)cc4Cl)C(=O)C2CC2C(=CCn4c(=O)n(CCc5nc6cc(OC)c(OC)cc6n(C)c5=O)c(=O)n42)C3c2cccc(F)c2O)cc1. The number of nitrogens with zero attached hydrogens (tertiary/aromatic N) is 6. The van der Waals surface area contributed by atoms with Gasteiger partial charge in [0.15, 0.2) is 23.1 Å². The van der Waals surface area contributed by atoms with Gasteiger partial charge in [-0.25, -0.2) is 32.9 Å². The predicted octanol–water partition coefficient (Wildman–Crippen LogP) is 5.10. The Labute approximate surface area is 366 Å². The minimum Gasteiger partial charge on any atom is -0.505 e. The molecule has 1 saturated carbocycles. The van der Waals surface area contributed by atoms with Crippen molar-refractivity contribution in [2.45, 2.75) is 43.3 Å². The van der Waals surface area contributed by atoms with Crippen LogP contribution >= 0.6 is 23.2 Å². The number of anilines is 1. The van der Waals surface area contributed by atoms with Crippen molar-refractivity contribution in [1.82, 2.24) is 28.5 Å². The minimum atomic E-state index is -1.86. The highest BCUT2D eigenvalue weighted by Crippen LogP contribution is 2.63. The fourth-order valence-electron chi connectivity index (χ4n) is 9.54. The highest BCUT2D eigenvalue weighted by atomic mass is 35.5. The van der Waals surface area contributed by atoms with Crippen LogP contribution in [0.3, 0.4) is 0 Å². The van der Waals surface area contributed by atoms with Gasteiger partial charge in [0.2, 0.25) is 0 Å². The maximum Gasteiger partial charge on any atom is 0.347 e. The number of para-hydroxylation sites is 1. The normalized spacial score (nSPS) is 20.3. The first-order chi connectivity index (χ1) is 30.2. The van der Waals surface area contributed by atoms with E-state index in [1.807, 2.05) is 0 Å². The van der Waals surface area contributed by atoms with Crippen LogP contribution in [-0.2, 0) is 41.6 Å². The number of fused-ring (bicyclic) bond motifs is 5. The average Bonchev–Trinajstić information content (AvgIpc) is 3.65. The zero-order valence-corrected chi connectivity index (χ0v) is 35.6. The quantitative estimate of drug-likeness (QED) is 0.138. The van der Waals surface area contributed by atoms with E-state index in [0.29, 0.717) is 44.4 Å². The monoisotopic (exact) mass is 897 g/mol. The largest absolute Gasteiger partial charge is 0.505 e. The van der Waals surface area contributed by atoms with Gasteiger partial charge in [0, 0.05) is 48.6 Å². The molecule has 0 radical (unpaired) electrons. The number of halogens is 3. The second-order valence-electron chi connectivity index (χ2n) is 15.4. The van der Waals surface area contributed by atoms with Gasteiger partial charge in [0.05, 0.1) is 67.0 Å². The lowest BCUT2D eigenvalue weighted by Gasteiger charge is -2.49. The summed E-state index contributed by atoms with van der Waals surface area (Å²) in [6, 6.07) is 17.1. The number of ether oxygens (including phenoxy) is 3. The summed E-state index contributed by atoms with van der Waals surface area (Å²) in [4.78, 5) is 77.4. The van der Waals surface area contributed by atoms with Gasteiger partial charge >= 0.3 is 11.4 Å². The van der Waals surface area contributed by atoms with E-state index in [-0.39, 0.29) is 47.9 Å². The van der Waals surface area contributed by atoms with Crippen LogP contribution in [-0.4, -0.2) is 66.7 Å². The number of allylic oxidation sites excluding steroid dienone is 2. The van der Waals surface area contributed by atoms with Crippen LogP contribution in [0.5, 0.6) is 23.0 Å². The Bertz CT molecular complexity index is 3120. The molecule has 16 nitrogen and oxygen atoms in total. The van der Waals surface area contributed by atoms with E-state index in [4.69, 9.17) is 37.4 Å². The molecule has 4 unspecified atom stereocenters. The number of phenols is 1. The Morgan fingerprint density at radius 2 is 1.65 bits per heavy atom. The van der Waals surface area contributed by atoms with Crippen LogP contribution in [0, 0.1) is 11.7 Å². The fraction of sp³-hybridized carbons (Fsp3) is 0.273. The molecule has 1 aliphatic carbocycles. The summed E-state index contributed by atoms with van der Waals surface area (Å²) in [7, 11) is 6.00. The van der Waals surface area contributed by atoms with E-state index >= 15 is 9.18 Å². The zero-order chi connectivity index (χ0) is 44.6. The highest BCUT2D eigenvalue weighted by molar-refractivity contribution is 6.36. The number of rotatable bonds is 10. The Kier molecular flexibility index (Phi) is 10.2. The second-order valence-corrected chi connectivity index (χ2v) is 16.3. The molecule has 6 aromatic rings. The number of hydrogen-bond acceptors (Lipinski definition) is 11. The molecule has 2 aromatic heterocycles. The molecule has 2 aliphatic heterocycles. The number of carbonyl (C=O) groups is 2. The van der Waals surface area contributed by atoms with Gasteiger partial charge in [-0.3, -0.25) is 19.8 Å². The van der Waals surface area contributed by atoms with Gasteiger partial charge in [0.25, 0.3) is 17.4 Å². The summed E-state index contributed by atoms with van der Waals surface area (Å²) in [6.07, 6.45) is 1.40. The highest BCUT2D eigenvalue weighted by Gasteiger charge is 2.69. The molecule has 63 heavy (non-hydrogen) atoms. The molecule has 2 fully saturated rings. The molecular weight excluding hydrogens is 860 g/mol. The van der Waals surface area contributed by atoms with E-state index in [1.54, 1.807) is 49.5 Å². The van der Waals surface area contributed by atoms with Gasteiger partial charge in [-0.1, -0.05) is 53.5 Å². The molecule has 4 atom stereocenters. The van der Waals surface area contributed by atoms with Gasteiger partial charge in [0.1, 0.15) is 11.4 Å². The summed E-state index contributed by atoms with van der Waals surface area (Å²) in [5, 5.41) is 12.8. The van der Waals surface area contributed by atoms with Crippen LogP contribution in [0.25, 0.3) is 11.0 Å². The van der Waals surface area contributed by atoms with Crippen molar-refractivity contribution < 1.29 is 33.3 Å². The summed E-state index contributed by atoms with van der Waals surface area (Å²) >= 11 is 12.7. The number of imide groups is 1. The molecule has 324 valence electrons. The summed E-state index contributed by atoms with van der Waals surface area (Å²) in [5.41, 5.74) is 1.03. The number of hydrazine groups is 1. The van der Waals surface area contributed by atoms with E-state index in [9.17, 15) is 24.3 Å². The van der Waals surface area contributed by atoms with Crippen molar-refractivity contribution in [3.05, 3.63) is 148 Å². The molecule has 2 amide bonds. The van der Waals surface area contributed by atoms with Crippen LogP contribution in [0.15, 0.2) is 98.8 Å². The molecule has 9 rings (SSSR count). The Hall–Kier alpha value is -6.85. The van der Waals surface area contributed by atoms with E-state index in [0.717, 1.165) is 15.6 Å². The summed E-state index contributed by atoms with van der Waals surface area (Å²) in [6.45, 7) is -0.400. The zero-order valence-electron chi connectivity index (χ0n) is 34.1. The molecule has 0 spiro atoms. The first-order valence-corrected chi connectivity index (χ1v) is 20.5. The minimum absolute atomic E-state index is 0.0185. The average molecular weight is 899 g/mol. The lowest BCUT2D eigenvalue weighted by Crippen LogP contribution is -2.53. The van der Waals surface area contributed by atoms with Gasteiger partial charge in [-0.05, 0) is 54.0 Å². The van der Waals surface area contributed by atoms with Crippen molar-refractivity contribution in [1.29, 1.82) is 0 Å². The molecular formula is C44H38Cl2FN7O9. The van der Waals surface area contributed by atoms with Gasteiger partial charge < -0.3 is 23.9 Å². The van der Waals surface area contributed by atoms with E-state index in [1.165, 1.54) is 65.6 Å². The second kappa shape index (κ2) is 15.5. The number of aromatic hydroxyl groups is 1. The predicted molar refractivity (Wildman–Crippen MR) is 229 cm³/mol. The molecule has 3 aliphatic rings. The molecule has 19 heteroatoms. The standard InChI is InChI=1S/C44H38Cl2FN7O9/c1-50-34-21-36(63-4)35(62-3)20-32(34)48-31(40(50)57)15-16-51-42(59)52-17-14-25-33(54(52)43(51)60)19-27-39(56)53(49-30-13-10-23(45)18-28(30)46)41(58)44(27,22-8-11-24(61-2)12-9-22)37(25)26-6-5-7-29(47)38(26)55/h5-14,18,20-21,27,33,37,49,55H,15-17,19H2,1-4H3. The Morgan fingerprint density at radius 3 is 2.35 bits per heavy atom. The van der Waals surface area contributed by atoms with Crippen molar-refractivity contribution in [3.63, 3.8) is 0 Å². The maximum absolute atomic E-state index is 15.5. The smallest absolute Gasteiger partial charge is 0.347 e. The maximum atomic E-state index is 15.5.